The summed E-state index contributed by atoms with van der Waals surface area (Å²) >= 11 is 0. The van der Waals surface area contributed by atoms with Crippen LogP contribution in [0.4, 0.5) is 0 Å². The van der Waals surface area contributed by atoms with Crippen molar-refractivity contribution in [2.75, 3.05) is 14.2 Å². The molecule has 0 aromatic heterocycles. The van der Waals surface area contributed by atoms with Crippen molar-refractivity contribution in [3.05, 3.63) is 0 Å². The molecule has 0 amide bonds. The number of carbonyl (C=O) groups is 2. The zero-order valence-electron chi connectivity index (χ0n) is 8.93. The van der Waals surface area contributed by atoms with Crippen LogP contribution in [0.3, 0.4) is 0 Å². The summed E-state index contributed by atoms with van der Waals surface area (Å²) in [5.41, 5.74) is 0. The van der Waals surface area contributed by atoms with Gasteiger partial charge in [-0.05, 0) is 12.8 Å². The topological polar surface area (TPSA) is 72.8 Å². The molecule has 1 aliphatic rings. The molecule has 2 atom stereocenters. The zero-order valence-corrected chi connectivity index (χ0v) is 8.93. The van der Waals surface area contributed by atoms with Crippen molar-refractivity contribution in [2.24, 2.45) is 11.8 Å². The van der Waals surface area contributed by atoms with Crippen LogP contribution in [-0.2, 0) is 19.1 Å². The average molecular weight is 216 g/mol. The summed E-state index contributed by atoms with van der Waals surface area (Å²) in [5.74, 6) is -2.13. The molecule has 0 aromatic rings. The number of hydrogen-bond donors (Lipinski definition) is 1. The van der Waals surface area contributed by atoms with E-state index in [9.17, 15) is 14.7 Å². The van der Waals surface area contributed by atoms with Crippen LogP contribution in [0.15, 0.2) is 0 Å². The zero-order chi connectivity index (χ0) is 11.4. The van der Waals surface area contributed by atoms with Gasteiger partial charge in [0, 0.05) is 0 Å². The van der Waals surface area contributed by atoms with Crippen LogP contribution in [0.25, 0.3) is 0 Å². The molecule has 0 bridgehead atoms. The number of aliphatic hydroxyl groups is 1. The van der Waals surface area contributed by atoms with Crippen LogP contribution in [0.2, 0.25) is 0 Å². The maximum absolute atomic E-state index is 11.3. The molecule has 0 aromatic carbocycles. The second-order valence-electron chi connectivity index (χ2n) is 3.68. The second-order valence-corrected chi connectivity index (χ2v) is 3.68. The van der Waals surface area contributed by atoms with Gasteiger partial charge in [-0.1, -0.05) is 6.42 Å². The molecular formula is C10H16O5. The Morgan fingerprint density at radius 1 is 1.07 bits per heavy atom. The number of ether oxygens (including phenoxy) is 2. The summed E-state index contributed by atoms with van der Waals surface area (Å²) in [6, 6.07) is 0. The monoisotopic (exact) mass is 216 g/mol. The van der Waals surface area contributed by atoms with E-state index in [1.807, 2.05) is 0 Å². The summed E-state index contributed by atoms with van der Waals surface area (Å²) < 4.78 is 9.14. The molecule has 1 rings (SSSR count). The quantitative estimate of drug-likeness (QED) is 0.663. The lowest BCUT2D eigenvalue weighted by molar-refractivity contribution is -0.161. The maximum Gasteiger partial charge on any atom is 0.311 e. The first-order valence-electron chi connectivity index (χ1n) is 4.95. The molecule has 1 aliphatic carbocycles. The number of esters is 2. The van der Waals surface area contributed by atoms with E-state index in [2.05, 4.69) is 9.47 Å². The molecule has 0 spiro atoms. The largest absolute Gasteiger partial charge is 0.469 e. The molecule has 5 nitrogen and oxygen atoms in total. The maximum atomic E-state index is 11.3. The Labute approximate surface area is 88.4 Å². The summed E-state index contributed by atoms with van der Waals surface area (Å²) in [6.45, 7) is 0. The Morgan fingerprint density at radius 2 is 1.47 bits per heavy atom. The number of hydrogen-bond acceptors (Lipinski definition) is 5. The van der Waals surface area contributed by atoms with Crippen LogP contribution in [-0.4, -0.2) is 37.4 Å². The van der Waals surface area contributed by atoms with E-state index < -0.39 is 29.9 Å². The molecule has 0 heterocycles. The molecular weight excluding hydrogens is 200 g/mol. The van der Waals surface area contributed by atoms with Crippen molar-refractivity contribution in [3.8, 4) is 0 Å². The molecule has 15 heavy (non-hydrogen) atoms. The van der Waals surface area contributed by atoms with Crippen LogP contribution in [0, 0.1) is 11.8 Å². The molecule has 86 valence electrons. The van der Waals surface area contributed by atoms with Gasteiger partial charge in [-0.25, -0.2) is 0 Å². The minimum Gasteiger partial charge on any atom is -0.469 e. The lowest BCUT2D eigenvalue weighted by Crippen LogP contribution is -2.42. The molecule has 0 radical (unpaired) electrons. The van der Waals surface area contributed by atoms with E-state index in [-0.39, 0.29) is 0 Å². The van der Waals surface area contributed by atoms with E-state index in [4.69, 9.17) is 0 Å². The van der Waals surface area contributed by atoms with Gasteiger partial charge in [0.25, 0.3) is 0 Å². The third kappa shape index (κ3) is 2.47. The van der Waals surface area contributed by atoms with E-state index >= 15 is 0 Å². The number of aliphatic hydroxyl groups excluding tert-OH is 1. The van der Waals surface area contributed by atoms with Gasteiger partial charge in [-0.15, -0.1) is 0 Å². The lowest BCUT2D eigenvalue weighted by Gasteiger charge is -2.31. The van der Waals surface area contributed by atoms with E-state index in [1.54, 1.807) is 0 Å². The summed E-state index contributed by atoms with van der Waals surface area (Å²) in [4.78, 5) is 22.6. The molecule has 5 heteroatoms. The van der Waals surface area contributed by atoms with Crippen molar-refractivity contribution >= 4 is 11.9 Å². The minimum absolute atomic E-state index is 0.462. The highest BCUT2D eigenvalue weighted by Crippen LogP contribution is 2.31. The Balaban J connectivity index is 2.70. The third-order valence-electron chi connectivity index (χ3n) is 2.86. The van der Waals surface area contributed by atoms with Crippen molar-refractivity contribution in [1.29, 1.82) is 0 Å². The Kier molecular flexibility index (Phi) is 4.08. The van der Waals surface area contributed by atoms with Crippen molar-refractivity contribution < 1.29 is 24.2 Å². The number of methoxy groups -OCH3 is 2. The minimum atomic E-state index is -0.987. The van der Waals surface area contributed by atoms with Crippen molar-refractivity contribution in [2.45, 2.75) is 25.4 Å². The molecule has 1 fully saturated rings. The Hall–Kier alpha value is -1.10. The predicted molar refractivity (Wildman–Crippen MR) is 50.9 cm³/mol. The first-order valence-corrected chi connectivity index (χ1v) is 4.95. The third-order valence-corrected chi connectivity index (χ3v) is 2.86. The fraction of sp³-hybridized carbons (Fsp3) is 0.800. The van der Waals surface area contributed by atoms with Crippen LogP contribution in [0.5, 0.6) is 0 Å². The predicted octanol–water partition coefficient (Wildman–Crippen LogP) is 0.110. The van der Waals surface area contributed by atoms with Gasteiger partial charge in [0.1, 0.15) is 0 Å². The summed E-state index contributed by atoms with van der Waals surface area (Å²) in [5, 5.41) is 9.83. The molecule has 1 N–H and O–H groups in total. The van der Waals surface area contributed by atoms with Gasteiger partial charge in [0.05, 0.1) is 32.2 Å². The van der Waals surface area contributed by atoms with Gasteiger partial charge in [-0.3, -0.25) is 9.59 Å². The van der Waals surface area contributed by atoms with E-state index in [1.165, 1.54) is 14.2 Å². The van der Waals surface area contributed by atoms with Crippen LogP contribution < -0.4 is 0 Å². The van der Waals surface area contributed by atoms with E-state index in [0.29, 0.717) is 12.8 Å². The smallest absolute Gasteiger partial charge is 0.311 e. The summed E-state index contributed by atoms with van der Waals surface area (Å²) in [6.07, 6.45) is 0.845. The Bertz CT molecular complexity index is 226. The van der Waals surface area contributed by atoms with Crippen molar-refractivity contribution in [1.82, 2.24) is 0 Å². The highest BCUT2D eigenvalue weighted by Gasteiger charge is 2.40. The van der Waals surface area contributed by atoms with Crippen molar-refractivity contribution in [3.63, 3.8) is 0 Å². The normalized spacial score (nSPS) is 27.1. The average Bonchev–Trinajstić information content (AvgIpc) is 2.27. The van der Waals surface area contributed by atoms with Gasteiger partial charge < -0.3 is 14.6 Å². The van der Waals surface area contributed by atoms with Gasteiger partial charge in [0.2, 0.25) is 0 Å². The van der Waals surface area contributed by atoms with Crippen LogP contribution >= 0.6 is 0 Å². The number of carbonyl (C=O) groups excluding carboxylic acids is 2. The molecule has 0 aliphatic heterocycles. The van der Waals surface area contributed by atoms with Gasteiger partial charge in [-0.2, -0.15) is 0 Å². The summed E-state index contributed by atoms with van der Waals surface area (Å²) in [7, 11) is 2.55. The van der Waals surface area contributed by atoms with Crippen LogP contribution in [0.1, 0.15) is 19.3 Å². The SMILES string of the molecule is COC(=O)[C@H]1CCC[C@H](C(=O)OC)C1O. The molecule has 0 saturated heterocycles. The highest BCUT2D eigenvalue weighted by molar-refractivity contribution is 5.77. The second kappa shape index (κ2) is 5.11. The standard InChI is InChI=1S/C10H16O5/c1-14-9(12)6-4-3-5-7(8(6)11)10(13)15-2/h6-8,11H,3-5H2,1-2H3/t6-,7-/m0/s1. The molecule has 1 saturated carbocycles. The highest BCUT2D eigenvalue weighted by atomic mass is 16.5. The first kappa shape index (κ1) is 12.0. The van der Waals surface area contributed by atoms with E-state index in [0.717, 1.165) is 6.42 Å². The number of rotatable bonds is 2. The van der Waals surface area contributed by atoms with Gasteiger partial charge in [0.15, 0.2) is 0 Å². The fourth-order valence-electron chi connectivity index (χ4n) is 2.00. The Morgan fingerprint density at radius 3 is 1.80 bits per heavy atom. The fourth-order valence-corrected chi connectivity index (χ4v) is 2.00. The molecule has 0 unspecified atom stereocenters. The lowest BCUT2D eigenvalue weighted by atomic mass is 9.79. The first-order chi connectivity index (χ1) is 7.11. The van der Waals surface area contributed by atoms with Gasteiger partial charge >= 0.3 is 11.9 Å².